The Labute approximate surface area is 164 Å². The number of rotatable bonds is 14. The van der Waals surface area contributed by atoms with Crippen molar-refractivity contribution in [3.05, 3.63) is 0 Å². The zero-order chi connectivity index (χ0) is 18.9. The van der Waals surface area contributed by atoms with Crippen molar-refractivity contribution in [3.63, 3.8) is 0 Å². The molecule has 2 unspecified atom stereocenters. The van der Waals surface area contributed by atoms with Gasteiger partial charge >= 0.3 is 165 Å². The number of carbonyl (C=O) groups excluding carboxylic acids is 2. The van der Waals surface area contributed by atoms with E-state index in [1.807, 2.05) is 0 Å². The van der Waals surface area contributed by atoms with E-state index in [2.05, 4.69) is 38.3 Å². The van der Waals surface area contributed by atoms with E-state index in [4.69, 9.17) is 6.15 Å². The van der Waals surface area contributed by atoms with Crippen LogP contribution in [0, 0.1) is 11.8 Å². The van der Waals surface area contributed by atoms with E-state index in [-0.39, 0.29) is 0 Å². The Morgan fingerprint density at radius 2 is 1.20 bits per heavy atom. The molecule has 0 aliphatic carbocycles. The zero-order valence-corrected chi connectivity index (χ0v) is 19.2. The molecule has 0 rings (SSSR count). The average molecular weight is 463 g/mol. The molecule has 146 valence electrons. The molecule has 0 spiro atoms. The van der Waals surface area contributed by atoms with Crippen molar-refractivity contribution in [2.75, 3.05) is 13.1 Å². The summed E-state index contributed by atoms with van der Waals surface area (Å²) in [6, 6.07) is 0. The molecular formula is C18H36N2O4Sn. The Hall–Kier alpha value is -0.661. The van der Waals surface area contributed by atoms with Crippen molar-refractivity contribution in [1.29, 1.82) is 0 Å². The van der Waals surface area contributed by atoms with Crippen LogP contribution < -0.4 is 10.6 Å². The summed E-state index contributed by atoms with van der Waals surface area (Å²) in [5, 5.41) is 5.54. The van der Waals surface area contributed by atoms with Crippen LogP contribution in [0.5, 0.6) is 0 Å². The molecule has 0 aromatic rings. The molecule has 0 aliphatic heterocycles. The molecule has 7 heteroatoms. The van der Waals surface area contributed by atoms with Crippen molar-refractivity contribution in [3.8, 4) is 0 Å². The predicted molar refractivity (Wildman–Crippen MR) is 101 cm³/mol. The van der Waals surface area contributed by atoms with Crippen molar-refractivity contribution < 1.29 is 15.7 Å². The second-order valence-electron chi connectivity index (χ2n) is 6.46. The molecule has 0 bridgehead atoms. The molecule has 25 heavy (non-hydrogen) atoms. The number of hydrogen-bond acceptors (Lipinski definition) is 4. The standard InChI is InChI=1S/2C9H19NO2.Sn/c2*1-3-5-6-8(4-2)7-10-9(11)12;/h2*8,10H,3-7H2,1-2H3,(H,11,12);/q;;+2/p-2. The third-order valence-electron chi connectivity index (χ3n) is 4.43. The molecule has 0 aromatic carbocycles. The van der Waals surface area contributed by atoms with Crippen LogP contribution in [-0.4, -0.2) is 47.2 Å². The molecule has 0 saturated carbocycles. The quantitative estimate of drug-likeness (QED) is 0.375. The average Bonchev–Trinajstić information content (AvgIpc) is 2.62. The van der Waals surface area contributed by atoms with E-state index in [1.54, 1.807) is 0 Å². The van der Waals surface area contributed by atoms with Crippen LogP contribution in [0.2, 0.25) is 0 Å². The van der Waals surface area contributed by atoms with Gasteiger partial charge in [-0.3, -0.25) is 0 Å². The summed E-state index contributed by atoms with van der Waals surface area (Å²) in [5.74, 6) is 0.965. The molecule has 2 amide bonds. The van der Waals surface area contributed by atoms with Gasteiger partial charge in [0, 0.05) is 0 Å². The third-order valence-corrected chi connectivity index (χ3v) is 5.96. The molecular weight excluding hydrogens is 427 g/mol. The van der Waals surface area contributed by atoms with E-state index in [0.29, 0.717) is 24.9 Å². The minimum absolute atomic E-state index is 0.469. The summed E-state index contributed by atoms with van der Waals surface area (Å²) in [5.41, 5.74) is 0. The van der Waals surface area contributed by atoms with Gasteiger partial charge in [0.2, 0.25) is 0 Å². The van der Waals surface area contributed by atoms with Crippen molar-refractivity contribution >= 4 is 34.2 Å². The molecule has 6 nitrogen and oxygen atoms in total. The van der Waals surface area contributed by atoms with E-state index >= 15 is 0 Å². The van der Waals surface area contributed by atoms with E-state index in [9.17, 15) is 9.59 Å². The van der Waals surface area contributed by atoms with Crippen molar-refractivity contribution in [1.82, 2.24) is 10.6 Å². The second-order valence-corrected chi connectivity index (χ2v) is 8.10. The number of amides is 2. The van der Waals surface area contributed by atoms with Crippen LogP contribution in [0.15, 0.2) is 0 Å². The van der Waals surface area contributed by atoms with Crippen molar-refractivity contribution in [2.24, 2.45) is 11.8 Å². The Kier molecular flexibility index (Phi) is 16.3. The van der Waals surface area contributed by atoms with Crippen LogP contribution in [0.3, 0.4) is 0 Å². The maximum absolute atomic E-state index is 11.6. The van der Waals surface area contributed by atoms with Crippen LogP contribution >= 0.6 is 0 Å². The first-order chi connectivity index (χ1) is 12.1. The van der Waals surface area contributed by atoms with Gasteiger partial charge < -0.3 is 0 Å². The number of nitrogens with one attached hydrogen (secondary N) is 2. The summed E-state index contributed by atoms with van der Waals surface area (Å²) < 4.78 is 10.1. The van der Waals surface area contributed by atoms with Gasteiger partial charge in [0.15, 0.2) is 0 Å². The van der Waals surface area contributed by atoms with E-state index in [1.165, 1.54) is 12.8 Å². The maximum atomic E-state index is 11.6. The number of hydrogen-bond donors (Lipinski definition) is 2. The Balaban J connectivity index is 3.79. The van der Waals surface area contributed by atoms with Crippen LogP contribution in [0.4, 0.5) is 9.59 Å². The van der Waals surface area contributed by atoms with Gasteiger partial charge in [-0.15, -0.1) is 0 Å². The zero-order valence-electron chi connectivity index (χ0n) is 16.4. The van der Waals surface area contributed by atoms with E-state index in [0.717, 1.165) is 38.5 Å². The molecule has 2 N–H and O–H groups in total. The topological polar surface area (TPSA) is 76.7 Å². The predicted octanol–water partition coefficient (Wildman–Crippen LogP) is 4.41. The van der Waals surface area contributed by atoms with Crippen LogP contribution in [0.1, 0.15) is 79.1 Å². The first-order valence-corrected chi connectivity index (χ1v) is 12.0. The summed E-state index contributed by atoms with van der Waals surface area (Å²) >= 11 is -1.93. The fourth-order valence-corrected chi connectivity index (χ4v) is 3.47. The molecule has 0 fully saturated rings. The van der Waals surface area contributed by atoms with Gasteiger partial charge in [0.1, 0.15) is 0 Å². The summed E-state index contributed by atoms with van der Waals surface area (Å²) in [4.78, 5) is 23.3. The fraction of sp³-hybridized carbons (Fsp3) is 0.889. The van der Waals surface area contributed by atoms with Gasteiger partial charge in [0.05, 0.1) is 0 Å². The molecule has 0 heterocycles. The van der Waals surface area contributed by atoms with E-state index < -0.39 is 34.2 Å². The molecule has 2 radical (unpaired) electrons. The van der Waals surface area contributed by atoms with Gasteiger partial charge in [-0.2, -0.15) is 0 Å². The normalized spacial score (nSPS) is 13.0. The Morgan fingerprint density at radius 1 is 0.800 bits per heavy atom. The Morgan fingerprint density at radius 3 is 1.52 bits per heavy atom. The minimum atomic E-state index is -1.93. The fourth-order valence-electron chi connectivity index (χ4n) is 2.51. The molecule has 0 saturated heterocycles. The summed E-state index contributed by atoms with van der Waals surface area (Å²) in [7, 11) is 0. The number of carbonyl (C=O) groups is 2. The third kappa shape index (κ3) is 14.2. The summed E-state index contributed by atoms with van der Waals surface area (Å²) in [6.07, 6.45) is 8.04. The van der Waals surface area contributed by atoms with Crippen molar-refractivity contribution in [2.45, 2.75) is 79.1 Å². The first-order valence-electron chi connectivity index (χ1n) is 9.71. The monoisotopic (exact) mass is 464 g/mol. The van der Waals surface area contributed by atoms with Gasteiger partial charge in [0.25, 0.3) is 0 Å². The molecule has 0 aromatic heterocycles. The van der Waals surface area contributed by atoms with Gasteiger partial charge in [-0.1, -0.05) is 0 Å². The van der Waals surface area contributed by atoms with Crippen LogP contribution in [-0.2, 0) is 6.15 Å². The second kappa shape index (κ2) is 16.8. The Bertz CT molecular complexity index is 324. The number of unbranched alkanes of at least 4 members (excludes halogenated alkanes) is 2. The van der Waals surface area contributed by atoms with Gasteiger partial charge in [-0.25, -0.2) is 0 Å². The summed E-state index contributed by atoms with van der Waals surface area (Å²) in [6.45, 7) is 9.82. The molecule has 0 aliphatic rings. The SMILES string of the molecule is CCCCC(CC)CNC(=O)[O][Sn][O]C(=O)NCC(CC)CCCC. The first kappa shape index (κ1) is 24.3. The van der Waals surface area contributed by atoms with Gasteiger partial charge in [-0.05, 0) is 0 Å². The van der Waals surface area contributed by atoms with Crippen LogP contribution in [0.25, 0.3) is 0 Å². The molecule has 2 atom stereocenters.